The lowest BCUT2D eigenvalue weighted by Crippen LogP contribution is -2.45. The van der Waals surface area contributed by atoms with Crippen LogP contribution in [0.5, 0.6) is 5.75 Å². The van der Waals surface area contributed by atoms with Gasteiger partial charge in [-0.05, 0) is 43.9 Å². The number of anilines is 1. The number of halogens is 1. The first kappa shape index (κ1) is 22.2. The van der Waals surface area contributed by atoms with Crippen LogP contribution in [0.2, 0.25) is 5.02 Å². The van der Waals surface area contributed by atoms with Gasteiger partial charge < -0.3 is 15.0 Å². The Morgan fingerprint density at radius 2 is 1.97 bits per heavy atom. The average molecular weight is 433 g/mol. The van der Waals surface area contributed by atoms with Crippen molar-refractivity contribution < 1.29 is 14.3 Å². The number of amides is 2. The van der Waals surface area contributed by atoms with Crippen LogP contribution < -0.4 is 10.1 Å². The van der Waals surface area contributed by atoms with Gasteiger partial charge in [0.1, 0.15) is 11.6 Å². The Hall–Kier alpha value is -2.54. The topological polar surface area (TPSA) is 76.5 Å². The standard InChI is InChI=1S/C22H29ClN4O3/c1-15(2)13-21(28)25-20-7-10-24-27(20)18-8-11-26(12-9-18)22(29)16(3)30-19-6-4-5-17(23)14-19/h4-7,10,14-16,18H,8-9,11-13H2,1-3H3,(H,25,28). The molecule has 0 aliphatic carbocycles. The highest BCUT2D eigenvalue weighted by Gasteiger charge is 2.29. The number of rotatable bonds is 7. The highest BCUT2D eigenvalue weighted by molar-refractivity contribution is 6.30. The number of benzene rings is 1. The summed E-state index contributed by atoms with van der Waals surface area (Å²) in [6.45, 7) is 7.02. The van der Waals surface area contributed by atoms with Gasteiger partial charge >= 0.3 is 0 Å². The minimum atomic E-state index is -0.587. The van der Waals surface area contributed by atoms with Crippen molar-refractivity contribution in [3.8, 4) is 5.75 Å². The van der Waals surface area contributed by atoms with Gasteiger partial charge in [-0.2, -0.15) is 5.10 Å². The van der Waals surface area contributed by atoms with E-state index in [0.29, 0.717) is 42.0 Å². The van der Waals surface area contributed by atoms with Crippen LogP contribution in [-0.2, 0) is 9.59 Å². The number of piperidine rings is 1. The van der Waals surface area contributed by atoms with Crippen LogP contribution in [0.15, 0.2) is 36.5 Å². The Kier molecular flexibility index (Phi) is 7.37. The zero-order valence-electron chi connectivity index (χ0n) is 17.7. The molecule has 1 atom stereocenters. The van der Waals surface area contributed by atoms with E-state index in [0.717, 1.165) is 12.8 Å². The SMILES string of the molecule is CC(C)CC(=O)Nc1ccnn1C1CCN(C(=O)C(C)Oc2cccc(Cl)c2)CC1. The second-order valence-corrected chi connectivity index (χ2v) is 8.52. The molecule has 7 nitrogen and oxygen atoms in total. The number of ether oxygens (including phenoxy) is 1. The quantitative estimate of drug-likeness (QED) is 0.712. The van der Waals surface area contributed by atoms with Crippen molar-refractivity contribution in [3.05, 3.63) is 41.6 Å². The summed E-state index contributed by atoms with van der Waals surface area (Å²) in [6.07, 6.45) is 3.12. The fourth-order valence-electron chi connectivity index (χ4n) is 3.65. The van der Waals surface area contributed by atoms with E-state index in [2.05, 4.69) is 10.4 Å². The first-order valence-electron chi connectivity index (χ1n) is 10.4. The van der Waals surface area contributed by atoms with E-state index in [1.165, 1.54) is 0 Å². The molecule has 0 radical (unpaired) electrons. The number of nitrogens with one attached hydrogen (secondary N) is 1. The number of hydrogen-bond acceptors (Lipinski definition) is 4. The molecule has 2 aromatic rings. The Morgan fingerprint density at radius 3 is 2.63 bits per heavy atom. The Balaban J connectivity index is 1.54. The largest absolute Gasteiger partial charge is 0.481 e. The molecule has 3 rings (SSSR count). The zero-order valence-corrected chi connectivity index (χ0v) is 18.4. The minimum absolute atomic E-state index is 0.00801. The van der Waals surface area contributed by atoms with Gasteiger partial charge in [-0.3, -0.25) is 9.59 Å². The van der Waals surface area contributed by atoms with Gasteiger partial charge in [0.15, 0.2) is 6.10 Å². The third-order valence-electron chi connectivity index (χ3n) is 5.11. The molecule has 0 spiro atoms. The smallest absolute Gasteiger partial charge is 0.263 e. The Bertz CT molecular complexity index is 875. The predicted molar refractivity (Wildman–Crippen MR) is 117 cm³/mol. The molecule has 2 heterocycles. The second kappa shape index (κ2) is 9.98. The fraction of sp³-hybridized carbons (Fsp3) is 0.500. The molecule has 30 heavy (non-hydrogen) atoms. The molecular formula is C22H29ClN4O3. The van der Waals surface area contributed by atoms with E-state index in [1.807, 2.05) is 29.5 Å². The lowest BCUT2D eigenvalue weighted by atomic mass is 10.0. The van der Waals surface area contributed by atoms with E-state index in [4.69, 9.17) is 16.3 Å². The van der Waals surface area contributed by atoms with Gasteiger partial charge in [-0.1, -0.05) is 31.5 Å². The molecule has 1 fully saturated rings. The van der Waals surface area contributed by atoms with Crippen molar-refractivity contribution in [2.75, 3.05) is 18.4 Å². The summed E-state index contributed by atoms with van der Waals surface area (Å²) in [5.74, 6) is 1.54. The first-order chi connectivity index (χ1) is 14.3. The van der Waals surface area contributed by atoms with Gasteiger partial charge in [0.25, 0.3) is 5.91 Å². The van der Waals surface area contributed by atoms with Gasteiger partial charge in [0, 0.05) is 30.6 Å². The number of hydrogen-bond donors (Lipinski definition) is 1. The Morgan fingerprint density at radius 1 is 1.23 bits per heavy atom. The maximum absolute atomic E-state index is 12.8. The molecule has 1 unspecified atom stereocenters. The lowest BCUT2D eigenvalue weighted by molar-refractivity contribution is -0.139. The highest BCUT2D eigenvalue weighted by Crippen LogP contribution is 2.26. The van der Waals surface area contributed by atoms with Crippen molar-refractivity contribution in [1.82, 2.24) is 14.7 Å². The van der Waals surface area contributed by atoms with Crippen molar-refractivity contribution in [3.63, 3.8) is 0 Å². The maximum Gasteiger partial charge on any atom is 0.263 e. The molecule has 1 N–H and O–H groups in total. The van der Waals surface area contributed by atoms with Crippen LogP contribution >= 0.6 is 11.6 Å². The predicted octanol–water partition coefficient (Wildman–Crippen LogP) is 4.15. The summed E-state index contributed by atoms with van der Waals surface area (Å²) in [5, 5.41) is 7.93. The molecule has 1 saturated heterocycles. The van der Waals surface area contributed by atoms with Crippen LogP contribution in [0.3, 0.4) is 0 Å². The summed E-state index contributed by atoms with van der Waals surface area (Å²) >= 11 is 5.98. The molecule has 8 heteroatoms. The summed E-state index contributed by atoms with van der Waals surface area (Å²) < 4.78 is 7.63. The summed E-state index contributed by atoms with van der Waals surface area (Å²) in [6, 6.07) is 9.00. The molecule has 1 aromatic heterocycles. The number of likely N-dealkylation sites (tertiary alicyclic amines) is 1. The maximum atomic E-state index is 12.8. The lowest BCUT2D eigenvalue weighted by Gasteiger charge is -2.34. The number of nitrogens with zero attached hydrogens (tertiary/aromatic N) is 3. The normalized spacial score (nSPS) is 15.8. The van der Waals surface area contributed by atoms with E-state index in [-0.39, 0.29) is 17.9 Å². The number of carbonyl (C=O) groups excluding carboxylic acids is 2. The van der Waals surface area contributed by atoms with Crippen molar-refractivity contribution in [2.24, 2.45) is 5.92 Å². The second-order valence-electron chi connectivity index (χ2n) is 8.08. The van der Waals surface area contributed by atoms with Crippen LogP contribution in [-0.4, -0.2) is 45.7 Å². The van der Waals surface area contributed by atoms with Crippen molar-refractivity contribution >= 4 is 29.2 Å². The van der Waals surface area contributed by atoms with E-state index < -0.39 is 6.10 Å². The molecule has 0 bridgehead atoms. The van der Waals surface area contributed by atoms with E-state index in [1.54, 1.807) is 37.4 Å². The van der Waals surface area contributed by atoms with E-state index >= 15 is 0 Å². The first-order valence-corrected chi connectivity index (χ1v) is 10.8. The molecule has 0 saturated carbocycles. The molecule has 1 aromatic carbocycles. The van der Waals surface area contributed by atoms with Gasteiger partial charge in [-0.25, -0.2) is 4.68 Å². The summed E-state index contributed by atoms with van der Waals surface area (Å²) in [5.41, 5.74) is 0. The van der Waals surface area contributed by atoms with Crippen molar-refractivity contribution in [2.45, 2.75) is 52.2 Å². The molecule has 1 aliphatic heterocycles. The molecule has 162 valence electrons. The van der Waals surface area contributed by atoms with Crippen LogP contribution in [0, 0.1) is 5.92 Å². The minimum Gasteiger partial charge on any atom is -0.481 e. The number of aromatic nitrogens is 2. The monoisotopic (exact) mass is 432 g/mol. The zero-order chi connectivity index (χ0) is 21.7. The molecule has 2 amide bonds. The van der Waals surface area contributed by atoms with Gasteiger partial charge in [0.2, 0.25) is 5.91 Å². The van der Waals surface area contributed by atoms with Gasteiger partial charge in [-0.15, -0.1) is 0 Å². The highest BCUT2D eigenvalue weighted by atomic mass is 35.5. The Labute approximate surface area is 182 Å². The van der Waals surface area contributed by atoms with Crippen molar-refractivity contribution in [1.29, 1.82) is 0 Å². The third-order valence-corrected chi connectivity index (χ3v) is 5.35. The molecular weight excluding hydrogens is 404 g/mol. The fourth-order valence-corrected chi connectivity index (χ4v) is 3.83. The van der Waals surface area contributed by atoms with Gasteiger partial charge in [0.05, 0.1) is 12.2 Å². The van der Waals surface area contributed by atoms with Crippen LogP contribution in [0.25, 0.3) is 0 Å². The summed E-state index contributed by atoms with van der Waals surface area (Å²) in [7, 11) is 0. The third kappa shape index (κ3) is 5.75. The summed E-state index contributed by atoms with van der Waals surface area (Å²) in [4.78, 5) is 26.7. The molecule has 1 aliphatic rings. The number of carbonyl (C=O) groups is 2. The van der Waals surface area contributed by atoms with E-state index in [9.17, 15) is 9.59 Å². The van der Waals surface area contributed by atoms with Crippen LogP contribution in [0.4, 0.5) is 5.82 Å². The average Bonchev–Trinajstić information content (AvgIpc) is 3.14. The van der Waals surface area contributed by atoms with Crippen LogP contribution in [0.1, 0.15) is 46.1 Å².